The SMILES string of the molecule is CN1[C@H]2CCC[C@H]1CC(=O)C2. The molecule has 0 unspecified atom stereocenters. The second kappa shape index (κ2) is 2.59. The number of nitrogens with zero attached hydrogens (tertiary/aromatic N) is 1. The largest absolute Gasteiger partial charge is 0.300 e. The first-order valence-corrected chi connectivity index (χ1v) is 4.51. The molecule has 2 fully saturated rings. The highest BCUT2D eigenvalue weighted by Gasteiger charge is 2.34. The molecule has 2 aliphatic rings. The molecule has 2 bridgehead atoms. The normalized spacial score (nSPS) is 39.2. The van der Waals surface area contributed by atoms with Gasteiger partial charge in [0, 0.05) is 24.9 Å². The summed E-state index contributed by atoms with van der Waals surface area (Å²) in [5.41, 5.74) is 0. The van der Waals surface area contributed by atoms with Gasteiger partial charge in [0.25, 0.3) is 0 Å². The summed E-state index contributed by atoms with van der Waals surface area (Å²) in [5, 5.41) is 0. The maximum atomic E-state index is 11.2. The molecule has 11 heavy (non-hydrogen) atoms. The Labute approximate surface area is 67.6 Å². The highest BCUT2D eigenvalue weighted by Crippen LogP contribution is 2.30. The summed E-state index contributed by atoms with van der Waals surface area (Å²) in [6.45, 7) is 0. The van der Waals surface area contributed by atoms with E-state index in [0.29, 0.717) is 17.9 Å². The van der Waals surface area contributed by atoms with E-state index in [1.807, 2.05) is 0 Å². The standard InChI is InChI=1S/C9H15NO/c1-10-7-3-2-4-8(10)6-9(11)5-7/h7-8H,2-6H2,1H3/t7-,8-/m0/s1. The summed E-state index contributed by atoms with van der Waals surface area (Å²) < 4.78 is 0. The van der Waals surface area contributed by atoms with Crippen LogP contribution in [-0.4, -0.2) is 29.8 Å². The summed E-state index contributed by atoms with van der Waals surface area (Å²) in [7, 11) is 2.17. The van der Waals surface area contributed by atoms with Crippen LogP contribution in [0, 0.1) is 0 Å². The Balaban J connectivity index is 2.12. The molecule has 62 valence electrons. The molecule has 2 saturated heterocycles. The predicted octanol–water partition coefficient (Wildman–Crippen LogP) is 1.20. The van der Waals surface area contributed by atoms with Crippen molar-refractivity contribution in [2.45, 2.75) is 44.2 Å². The second-order valence-electron chi connectivity index (χ2n) is 3.85. The van der Waals surface area contributed by atoms with E-state index in [4.69, 9.17) is 0 Å². The van der Waals surface area contributed by atoms with Crippen molar-refractivity contribution in [3.05, 3.63) is 0 Å². The monoisotopic (exact) mass is 153 g/mol. The van der Waals surface area contributed by atoms with E-state index in [0.717, 1.165) is 12.8 Å². The van der Waals surface area contributed by atoms with Crippen molar-refractivity contribution in [3.63, 3.8) is 0 Å². The van der Waals surface area contributed by atoms with E-state index in [2.05, 4.69) is 11.9 Å². The molecule has 0 saturated carbocycles. The van der Waals surface area contributed by atoms with E-state index in [-0.39, 0.29) is 0 Å². The number of fused-ring (bicyclic) bond motifs is 2. The van der Waals surface area contributed by atoms with E-state index < -0.39 is 0 Å². The molecule has 0 radical (unpaired) electrons. The predicted molar refractivity (Wildman–Crippen MR) is 43.4 cm³/mol. The van der Waals surface area contributed by atoms with Crippen LogP contribution in [0.4, 0.5) is 0 Å². The van der Waals surface area contributed by atoms with E-state index in [1.54, 1.807) is 0 Å². The zero-order valence-electron chi connectivity index (χ0n) is 7.05. The number of hydrogen-bond acceptors (Lipinski definition) is 2. The average molecular weight is 153 g/mol. The zero-order chi connectivity index (χ0) is 7.84. The first-order chi connectivity index (χ1) is 5.27. The molecule has 2 nitrogen and oxygen atoms in total. The Morgan fingerprint density at radius 2 is 1.82 bits per heavy atom. The van der Waals surface area contributed by atoms with Crippen LogP contribution in [0.2, 0.25) is 0 Å². The lowest BCUT2D eigenvalue weighted by Gasteiger charge is -2.43. The van der Waals surface area contributed by atoms with Crippen LogP contribution in [0.15, 0.2) is 0 Å². The van der Waals surface area contributed by atoms with Crippen molar-refractivity contribution in [1.29, 1.82) is 0 Å². The summed E-state index contributed by atoms with van der Waals surface area (Å²) in [5.74, 6) is 0.484. The van der Waals surface area contributed by atoms with Gasteiger partial charge in [-0.25, -0.2) is 0 Å². The molecule has 0 amide bonds. The molecule has 2 heteroatoms. The third-order valence-corrected chi connectivity index (χ3v) is 3.15. The molecule has 2 aliphatic heterocycles. The van der Waals surface area contributed by atoms with Gasteiger partial charge in [0.15, 0.2) is 0 Å². The van der Waals surface area contributed by atoms with Crippen molar-refractivity contribution >= 4 is 5.78 Å². The van der Waals surface area contributed by atoms with Crippen molar-refractivity contribution in [2.75, 3.05) is 7.05 Å². The molecule has 0 aliphatic carbocycles. The third-order valence-electron chi connectivity index (χ3n) is 3.15. The fourth-order valence-corrected chi connectivity index (χ4v) is 2.40. The van der Waals surface area contributed by atoms with Crippen molar-refractivity contribution in [3.8, 4) is 0 Å². The molecule has 2 atom stereocenters. The average Bonchev–Trinajstić information content (AvgIpc) is 1.92. The minimum Gasteiger partial charge on any atom is -0.300 e. The Morgan fingerprint density at radius 3 is 2.36 bits per heavy atom. The molecule has 0 aromatic heterocycles. The van der Waals surface area contributed by atoms with Gasteiger partial charge in [-0.1, -0.05) is 6.42 Å². The van der Waals surface area contributed by atoms with E-state index in [9.17, 15) is 4.79 Å². The first-order valence-electron chi connectivity index (χ1n) is 4.51. The lowest BCUT2D eigenvalue weighted by Crippen LogP contribution is -2.49. The minimum atomic E-state index is 0.484. The first kappa shape index (κ1) is 7.29. The number of carbonyl (C=O) groups excluding carboxylic acids is 1. The van der Waals surface area contributed by atoms with Crippen LogP contribution < -0.4 is 0 Å². The number of carbonyl (C=O) groups is 1. The molecular formula is C9H15NO. The fourth-order valence-electron chi connectivity index (χ4n) is 2.40. The molecule has 0 aromatic carbocycles. The Morgan fingerprint density at radius 1 is 1.27 bits per heavy atom. The van der Waals surface area contributed by atoms with Gasteiger partial charge in [-0.05, 0) is 19.9 Å². The van der Waals surface area contributed by atoms with Gasteiger partial charge in [0.05, 0.1) is 0 Å². The van der Waals surface area contributed by atoms with E-state index in [1.165, 1.54) is 19.3 Å². The van der Waals surface area contributed by atoms with Gasteiger partial charge in [-0.2, -0.15) is 0 Å². The maximum Gasteiger partial charge on any atom is 0.136 e. The Kier molecular flexibility index (Phi) is 1.72. The lowest BCUT2D eigenvalue weighted by molar-refractivity contribution is -0.126. The summed E-state index contributed by atoms with van der Waals surface area (Å²) >= 11 is 0. The van der Waals surface area contributed by atoms with Crippen molar-refractivity contribution < 1.29 is 4.79 Å². The van der Waals surface area contributed by atoms with Crippen LogP contribution in [0.3, 0.4) is 0 Å². The molecule has 2 heterocycles. The number of Topliss-reactive ketones (excluding diaryl/α,β-unsaturated/α-hetero) is 1. The number of piperidine rings is 2. The van der Waals surface area contributed by atoms with Crippen molar-refractivity contribution in [1.82, 2.24) is 4.90 Å². The number of ketones is 1. The highest BCUT2D eigenvalue weighted by atomic mass is 16.1. The van der Waals surface area contributed by atoms with E-state index >= 15 is 0 Å². The van der Waals surface area contributed by atoms with Crippen molar-refractivity contribution in [2.24, 2.45) is 0 Å². The molecule has 0 aromatic rings. The van der Waals surface area contributed by atoms with Gasteiger partial charge in [-0.15, -0.1) is 0 Å². The highest BCUT2D eigenvalue weighted by molar-refractivity contribution is 5.80. The quantitative estimate of drug-likeness (QED) is 0.521. The lowest BCUT2D eigenvalue weighted by atomic mass is 9.84. The van der Waals surface area contributed by atoms with Crippen LogP contribution in [0.5, 0.6) is 0 Å². The molecule has 2 rings (SSSR count). The second-order valence-corrected chi connectivity index (χ2v) is 3.85. The zero-order valence-corrected chi connectivity index (χ0v) is 7.05. The Hall–Kier alpha value is -0.370. The number of rotatable bonds is 0. The summed E-state index contributed by atoms with van der Waals surface area (Å²) in [6, 6.07) is 1.16. The van der Waals surface area contributed by atoms with Gasteiger partial charge < -0.3 is 0 Å². The van der Waals surface area contributed by atoms with Crippen LogP contribution in [0.25, 0.3) is 0 Å². The molecular weight excluding hydrogens is 138 g/mol. The van der Waals surface area contributed by atoms with Crippen LogP contribution >= 0.6 is 0 Å². The topological polar surface area (TPSA) is 20.3 Å². The maximum absolute atomic E-state index is 11.2. The Bertz CT molecular complexity index is 162. The smallest absolute Gasteiger partial charge is 0.136 e. The van der Waals surface area contributed by atoms with Crippen LogP contribution in [0.1, 0.15) is 32.1 Å². The summed E-state index contributed by atoms with van der Waals surface area (Å²) in [4.78, 5) is 13.6. The fraction of sp³-hybridized carbons (Fsp3) is 0.889. The van der Waals surface area contributed by atoms with Gasteiger partial charge in [-0.3, -0.25) is 9.69 Å². The van der Waals surface area contributed by atoms with Crippen LogP contribution in [-0.2, 0) is 4.79 Å². The third kappa shape index (κ3) is 1.20. The minimum absolute atomic E-state index is 0.484. The van der Waals surface area contributed by atoms with Gasteiger partial charge in [0.2, 0.25) is 0 Å². The van der Waals surface area contributed by atoms with Gasteiger partial charge in [0.1, 0.15) is 5.78 Å². The van der Waals surface area contributed by atoms with Gasteiger partial charge >= 0.3 is 0 Å². The molecule has 0 spiro atoms. The number of hydrogen-bond donors (Lipinski definition) is 0. The molecule has 0 N–H and O–H groups in total. The summed E-state index contributed by atoms with van der Waals surface area (Å²) in [6.07, 6.45) is 5.42.